The lowest BCUT2D eigenvalue weighted by Gasteiger charge is -2.32. The number of benzene rings is 1. The third kappa shape index (κ3) is 3.59. The molecule has 5 heteroatoms. The predicted octanol–water partition coefficient (Wildman–Crippen LogP) is 1.62. The van der Waals surface area contributed by atoms with Crippen molar-refractivity contribution in [2.75, 3.05) is 33.2 Å². The third-order valence-corrected chi connectivity index (χ3v) is 6.00. The van der Waals surface area contributed by atoms with E-state index in [0.29, 0.717) is 4.90 Å². The van der Waals surface area contributed by atoms with Crippen molar-refractivity contribution in [3.05, 3.63) is 29.8 Å². The van der Waals surface area contributed by atoms with Crippen LogP contribution < -0.4 is 0 Å². The molecule has 0 N–H and O–H groups in total. The normalized spacial score (nSPS) is 18.6. The Hall–Kier alpha value is -0.910. The highest BCUT2D eigenvalue weighted by molar-refractivity contribution is 7.92. The predicted molar refractivity (Wildman–Crippen MR) is 81.5 cm³/mol. The molecule has 4 nitrogen and oxygen atoms in total. The van der Waals surface area contributed by atoms with E-state index in [1.165, 1.54) is 0 Å². The SMILES string of the molecule is CC(C)S(=O)(=O)c1cccc(CN2CCN(C)CC2)c1. The number of sulfone groups is 1. The van der Waals surface area contributed by atoms with Crippen LogP contribution in [0.2, 0.25) is 0 Å². The molecule has 1 saturated heterocycles. The molecule has 0 bridgehead atoms. The van der Waals surface area contributed by atoms with Crippen LogP contribution in [-0.2, 0) is 16.4 Å². The zero-order chi connectivity index (χ0) is 14.8. The van der Waals surface area contributed by atoms with E-state index in [9.17, 15) is 8.42 Å². The fourth-order valence-corrected chi connectivity index (χ4v) is 3.49. The Morgan fingerprint density at radius 3 is 2.40 bits per heavy atom. The lowest BCUT2D eigenvalue weighted by molar-refractivity contribution is 0.148. The van der Waals surface area contributed by atoms with E-state index in [4.69, 9.17) is 0 Å². The molecule has 1 aromatic carbocycles. The van der Waals surface area contributed by atoms with Gasteiger partial charge in [0.2, 0.25) is 0 Å². The van der Waals surface area contributed by atoms with Crippen LogP contribution in [0, 0.1) is 0 Å². The smallest absolute Gasteiger partial charge is 0.180 e. The van der Waals surface area contributed by atoms with Crippen molar-refractivity contribution in [1.82, 2.24) is 9.80 Å². The molecular formula is C15H24N2O2S. The summed E-state index contributed by atoms with van der Waals surface area (Å²) in [4.78, 5) is 5.14. The maximum Gasteiger partial charge on any atom is 0.180 e. The van der Waals surface area contributed by atoms with Gasteiger partial charge in [-0.25, -0.2) is 8.42 Å². The average Bonchev–Trinajstić information content (AvgIpc) is 2.41. The van der Waals surface area contributed by atoms with E-state index in [1.54, 1.807) is 19.9 Å². The van der Waals surface area contributed by atoms with Gasteiger partial charge < -0.3 is 4.90 Å². The lowest BCUT2D eigenvalue weighted by atomic mass is 10.2. The van der Waals surface area contributed by atoms with Crippen LogP contribution in [0.25, 0.3) is 0 Å². The molecule has 1 fully saturated rings. The van der Waals surface area contributed by atoms with Gasteiger partial charge in [-0.05, 0) is 38.6 Å². The molecule has 0 amide bonds. The summed E-state index contributed by atoms with van der Waals surface area (Å²) in [5.74, 6) is 0. The van der Waals surface area contributed by atoms with Crippen LogP contribution in [-0.4, -0.2) is 56.7 Å². The van der Waals surface area contributed by atoms with E-state index in [2.05, 4.69) is 16.8 Å². The van der Waals surface area contributed by atoms with E-state index >= 15 is 0 Å². The number of hydrogen-bond donors (Lipinski definition) is 0. The van der Waals surface area contributed by atoms with Crippen LogP contribution in [0.3, 0.4) is 0 Å². The number of nitrogens with zero attached hydrogens (tertiary/aromatic N) is 2. The molecule has 20 heavy (non-hydrogen) atoms. The highest BCUT2D eigenvalue weighted by Crippen LogP contribution is 2.18. The van der Waals surface area contributed by atoms with Gasteiger partial charge in [0.15, 0.2) is 9.84 Å². The topological polar surface area (TPSA) is 40.6 Å². The second-order valence-electron chi connectivity index (χ2n) is 5.82. The number of hydrogen-bond acceptors (Lipinski definition) is 4. The summed E-state index contributed by atoms with van der Waals surface area (Å²) in [5.41, 5.74) is 1.08. The first-order chi connectivity index (χ1) is 9.39. The number of piperazine rings is 1. The second kappa shape index (κ2) is 6.24. The molecule has 0 atom stereocenters. The monoisotopic (exact) mass is 296 g/mol. The van der Waals surface area contributed by atoms with Crippen molar-refractivity contribution >= 4 is 9.84 Å². The summed E-state index contributed by atoms with van der Waals surface area (Å²) >= 11 is 0. The molecule has 0 aromatic heterocycles. The summed E-state index contributed by atoms with van der Waals surface area (Å²) in [6.07, 6.45) is 0. The molecule has 0 spiro atoms. The molecular weight excluding hydrogens is 272 g/mol. The van der Waals surface area contributed by atoms with Gasteiger partial charge in [-0.1, -0.05) is 12.1 Å². The Morgan fingerprint density at radius 1 is 1.15 bits per heavy atom. The van der Waals surface area contributed by atoms with E-state index in [0.717, 1.165) is 38.3 Å². The van der Waals surface area contributed by atoms with E-state index in [1.807, 2.05) is 18.2 Å². The number of rotatable bonds is 4. The fraction of sp³-hybridized carbons (Fsp3) is 0.600. The highest BCUT2D eigenvalue weighted by atomic mass is 32.2. The Kier molecular flexibility index (Phi) is 4.83. The van der Waals surface area contributed by atoms with E-state index < -0.39 is 9.84 Å². The maximum atomic E-state index is 12.2. The van der Waals surface area contributed by atoms with Crippen LogP contribution in [0.15, 0.2) is 29.2 Å². The van der Waals surface area contributed by atoms with Crippen molar-refractivity contribution in [2.24, 2.45) is 0 Å². The molecule has 1 aliphatic heterocycles. The van der Waals surface area contributed by atoms with E-state index in [-0.39, 0.29) is 5.25 Å². The average molecular weight is 296 g/mol. The summed E-state index contributed by atoms with van der Waals surface area (Å²) in [7, 11) is -1.04. The van der Waals surface area contributed by atoms with Crippen molar-refractivity contribution in [1.29, 1.82) is 0 Å². The number of likely N-dealkylation sites (N-methyl/N-ethyl adjacent to an activating group) is 1. The fourth-order valence-electron chi connectivity index (χ4n) is 2.36. The molecule has 1 aromatic rings. The van der Waals surface area contributed by atoms with Crippen molar-refractivity contribution < 1.29 is 8.42 Å². The minimum atomic E-state index is -3.18. The first-order valence-electron chi connectivity index (χ1n) is 7.13. The second-order valence-corrected chi connectivity index (χ2v) is 8.32. The summed E-state index contributed by atoms with van der Waals surface area (Å²) < 4.78 is 24.4. The van der Waals surface area contributed by atoms with Crippen molar-refractivity contribution in [3.8, 4) is 0 Å². The molecule has 0 saturated carbocycles. The lowest BCUT2D eigenvalue weighted by Crippen LogP contribution is -2.43. The zero-order valence-corrected chi connectivity index (χ0v) is 13.4. The minimum Gasteiger partial charge on any atom is -0.304 e. The van der Waals surface area contributed by atoms with Gasteiger partial charge in [0.05, 0.1) is 10.1 Å². The zero-order valence-electron chi connectivity index (χ0n) is 12.5. The first kappa shape index (κ1) is 15.5. The van der Waals surface area contributed by atoms with Gasteiger partial charge in [-0.3, -0.25) is 4.90 Å². The first-order valence-corrected chi connectivity index (χ1v) is 8.68. The minimum absolute atomic E-state index is 0.374. The molecule has 0 unspecified atom stereocenters. The Morgan fingerprint density at radius 2 is 1.80 bits per heavy atom. The van der Waals surface area contributed by atoms with Gasteiger partial charge in [0.25, 0.3) is 0 Å². The Labute approximate surface area is 122 Å². The molecule has 2 rings (SSSR count). The van der Waals surface area contributed by atoms with Gasteiger partial charge in [-0.15, -0.1) is 0 Å². The standard InChI is InChI=1S/C15H24N2O2S/c1-13(2)20(18,19)15-6-4-5-14(11-15)12-17-9-7-16(3)8-10-17/h4-6,11,13H,7-10,12H2,1-3H3. The maximum absolute atomic E-state index is 12.2. The van der Waals surface area contributed by atoms with Gasteiger partial charge in [0, 0.05) is 32.7 Å². The van der Waals surface area contributed by atoms with Gasteiger partial charge in [-0.2, -0.15) is 0 Å². The third-order valence-electron chi connectivity index (χ3n) is 3.85. The molecule has 1 heterocycles. The summed E-state index contributed by atoms with van der Waals surface area (Å²) in [6.45, 7) is 8.50. The summed E-state index contributed by atoms with van der Waals surface area (Å²) in [6, 6.07) is 7.38. The largest absolute Gasteiger partial charge is 0.304 e. The summed E-state index contributed by atoms with van der Waals surface area (Å²) in [5, 5.41) is -0.374. The molecule has 112 valence electrons. The van der Waals surface area contributed by atoms with Crippen molar-refractivity contribution in [2.45, 2.75) is 30.5 Å². The quantitative estimate of drug-likeness (QED) is 0.846. The highest BCUT2D eigenvalue weighted by Gasteiger charge is 2.20. The van der Waals surface area contributed by atoms with Crippen LogP contribution in [0.1, 0.15) is 19.4 Å². The molecule has 0 aliphatic carbocycles. The van der Waals surface area contributed by atoms with Crippen LogP contribution in [0.4, 0.5) is 0 Å². The molecule has 0 radical (unpaired) electrons. The van der Waals surface area contributed by atoms with Crippen molar-refractivity contribution in [3.63, 3.8) is 0 Å². The van der Waals surface area contributed by atoms with Crippen LogP contribution in [0.5, 0.6) is 0 Å². The Balaban J connectivity index is 2.11. The Bertz CT molecular complexity index is 547. The van der Waals surface area contributed by atoms with Crippen LogP contribution >= 0.6 is 0 Å². The van der Waals surface area contributed by atoms with Gasteiger partial charge in [0.1, 0.15) is 0 Å². The molecule has 1 aliphatic rings. The van der Waals surface area contributed by atoms with Gasteiger partial charge >= 0.3 is 0 Å².